The summed E-state index contributed by atoms with van der Waals surface area (Å²) in [5.41, 5.74) is 12.1. The highest BCUT2D eigenvalue weighted by Gasteiger charge is 2.21. The molecule has 0 fully saturated rings. The zero-order chi connectivity index (χ0) is 38.9. The molecule has 0 heterocycles. The van der Waals surface area contributed by atoms with E-state index in [4.69, 9.17) is 0 Å². The van der Waals surface area contributed by atoms with E-state index < -0.39 is 0 Å². The van der Waals surface area contributed by atoms with Gasteiger partial charge in [-0.1, -0.05) is 115 Å². The molecule has 280 valence electrons. The number of hydrogen-bond acceptors (Lipinski definition) is 4. The Balaban J connectivity index is 1.12. The van der Waals surface area contributed by atoms with Crippen LogP contribution in [0.25, 0.3) is 0 Å². The molecule has 0 spiro atoms. The Bertz CT molecular complexity index is 2350. The van der Waals surface area contributed by atoms with Gasteiger partial charge >= 0.3 is 0 Å². The van der Waals surface area contributed by atoms with Crippen molar-refractivity contribution in [1.29, 1.82) is 0 Å². The van der Waals surface area contributed by atoms with Crippen LogP contribution in [0.2, 0.25) is 0 Å². The number of anilines is 11. The van der Waals surface area contributed by atoms with Crippen LogP contribution in [0.3, 0.4) is 0 Å². The minimum absolute atomic E-state index is 0.226. The maximum Gasteiger partial charge on any atom is 0.0559 e. The summed E-state index contributed by atoms with van der Waals surface area (Å²) in [5, 5.41) is 0. The van der Waals surface area contributed by atoms with Gasteiger partial charge in [-0.15, -0.1) is 0 Å². The van der Waals surface area contributed by atoms with Gasteiger partial charge in [0.05, 0.1) is 6.04 Å². The predicted molar refractivity (Wildman–Crippen MR) is 246 cm³/mol. The van der Waals surface area contributed by atoms with Crippen LogP contribution in [0.15, 0.2) is 249 Å². The standard InChI is InChI=1S/C54H44N4/c1-7-19-43(20-8-1)55(44-21-9-2-10-22-44)49-31-37-52(38-32-49)58(53-39-33-50(34-40-53)56(45-23-11-3-12-24-45)46-25-13-4-14-26-46)54-41-35-51(36-42-54)57(47-27-15-5-16-28-47)48-29-17-6-18-30-48/h1-29,31-42,48H,30H2. The van der Waals surface area contributed by atoms with Crippen molar-refractivity contribution in [2.75, 3.05) is 19.6 Å². The van der Waals surface area contributed by atoms with Gasteiger partial charge in [-0.05, 0) is 140 Å². The Morgan fingerprint density at radius 2 is 0.500 bits per heavy atom. The highest BCUT2D eigenvalue weighted by molar-refractivity contribution is 5.84. The highest BCUT2D eigenvalue weighted by Crippen LogP contribution is 2.42. The summed E-state index contributed by atoms with van der Waals surface area (Å²) in [5.74, 6) is 0. The van der Waals surface area contributed by atoms with E-state index in [0.29, 0.717) is 0 Å². The van der Waals surface area contributed by atoms with Crippen LogP contribution in [0, 0.1) is 0 Å². The van der Waals surface area contributed by atoms with Gasteiger partial charge in [0, 0.05) is 62.6 Å². The third-order valence-corrected chi connectivity index (χ3v) is 10.5. The molecule has 0 saturated heterocycles. The molecule has 4 nitrogen and oxygen atoms in total. The summed E-state index contributed by atoms with van der Waals surface area (Å²) in [6.07, 6.45) is 9.77. The lowest BCUT2D eigenvalue weighted by molar-refractivity contribution is 0.785. The summed E-state index contributed by atoms with van der Waals surface area (Å²) >= 11 is 0. The average Bonchev–Trinajstić information content (AvgIpc) is 3.30. The second kappa shape index (κ2) is 17.1. The van der Waals surface area contributed by atoms with Gasteiger partial charge in [-0.25, -0.2) is 0 Å². The number of nitrogens with zero attached hydrogens (tertiary/aromatic N) is 4. The first-order valence-corrected chi connectivity index (χ1v) is 19.9. The quantitative estimate of drug-likeness (QED) is 0.123. The van der Waals surface area contributed by atoms with Crippen molar-refractivity contribution in [2.45, 2.75) is 12.5 Å². The number of benzene rings is 8. The number of hydrogen-bond donors (Lipinski definition) is 0. The molecule has 58 heavy (non-hydrogen) atoms. The predicted octanol–water partition coefficient (Wildman–Crippen LogP) is 15.1. The smallest absolute Gasteiger partial charge is 0.0559 e. The van der Waals surface area contributed by atoms with Gasteiger partial charge in [0.1, 0.15) is 0 Å². The third-order valence-electron chi connectivity index (χ3n) is 10.5. The lowest BCUT2D eigenvalue weighted by atomic mass is 10.0. The van der Waals surface area contributed by atoms with Crippen LogP contribution in [-0.4, -0.2) is 6.04 Å². The van der Waals surface area contributed by atoms with Crippen LogP contribution < -0.4 is 19.6 Å². The molecule has 0 aromatic heterocycles. The van der Waals surface area contributed by atoms with Gasteiger partial charge in [0.2, 0.25) is 0 Å². The zero-order valence-electron chi connectivity index (χ0n) is 32.2. The van der Waals surface area contributed by atoms with E-state index in [9.17, 15) is 0 Å². The molecule has 4 heteroatoms. The van der Waals surface area contributed by atoms with E-state index >= 15 is 0 Å². The van der Waals surface area contributed by atoms with Crippen LogP contribution in [0.1, 0.15) is 6.42 Å². The molecular weight excluding hydrogens is 705 g/mol. The fourth-order valence-electron chi connectivity index (χ4n) is 7.79. The molecule has 1 aliphatic rings. The summed E-state index contributed by atoms with van der Waals surface area (Å²) < 4.78 is 0. The Kier molecular flexibility index (Phi) is 10.6. The Labute approximate surface area is 342 Å². The second-order valence-electron chi connectivity index (χ2n) is 14.2. The maximum atomic E-state index is 2.43. The van der Waals surface area contributed by atoms with Gasteiger partial charge in [0.15, 0.2) is 0 Å². The molecule has 0 bridgehead atoms. The third kappa shape index (κ3) is 7.77. The van der Waals surface area contributed by atoms with Gasteiger partial charge in [-0.3, -0.25) is 0 Å². The fourth-order valence-corrected chi connectivity index (χ4v) is 7.79. The normalized spacial score (nSPS) is 13.1. The molecule has 8 aromatic carbocycles. The van der Waals surface area contributed by atoms with Crippen molar-refractivity contribution in [3.63, 3.8) is 0 Å². The van der Waals surface area contributed by atoms with Crippen molar-refractivity contribution >= 4 is 62.6 Å². The minimum Gasteiger partial charge on any atom is -0.334 e. The van der Waals surface area contributed by atoms with Gasteiger partial charge in [0.25, 0.3) is 0 Å². The topological polar surface area (TPSA) is 13.0 Å². The highest BCUT2D eigenvalue weighted by atomic mass is 15.2. The van der Waals surface area contributed by atoms with Crippen LogP contribution in [0.5, 0.6) is 0 Å². The van der Waals surface area contributed by atoms with E-state index in [1.807, 2.05) is 0 Å². The molecule has 0 radical (unpaired) electrons. The van der Waals surface area contributed by atoms with E-state index in [0.717, 1.165) is 63.3 Å². The first kappa shape index (κ1) is 36.1. The second-order valence-corrected chi connectivity index (χ2v) is 14.2. The molecule has 0 amide bonds. The van der Waals surface area contributed by atoms with E-state index in [-0.39, 0.29) is 6.04 Å². The van der Waals surface area contributed by atoms with Crippen molar-refractivity contribution in [3.05, 3.63) is 249 Å². The Morgan fingerprint density at radius 3 is 0.776 bits per heavy atom. The van der Waals surface area contributed by atoms with Gasteiger partial charge < -0.3 is 19.6 Å². The van der Waals surface area contributed by atoms with Crippen LogP contribution >= 0.6 is 0 Å². The SMILES string of the molecule is C1=CCC(N(c2ccccc2)c2ccc(N(c3ccc(N(c4ccccc4)c4ccccc4)cc3)c3ccc(N(c4ccccc4)c4ccccc4)cc3)cc2)C=C1. The Hall–Kier alpha value is -7.56. The number of rotatable bonds is 12. The first-order valence-electron chi connectivity index (χ1n) is 19.9. The summed E-state index contributed by atoms with van der Waals surface area (Å²) in [4.78, 5) is 9.37. The lowest BCUT2D eigenvalue weighted by Gasteiger charge is -2.33. The molecule has 0 N–H and O–H groups in total. The average molecular weight is 749 g/mol. The maximum absolute atomic E-state index is 2.43. The van der Waals surface area contributed by atoms with Crippen LogP contribution in [-0.2, 0) is 0 Å². The summed E-state index contributed by atoms with van der Waals surface area (Å²) in [7, 11) is 0. The monoisotopic (exact) mass is 748 g/mol. The molecule has 0 aliphatic heterocycles. The van der Waals surface area contributed by atoms with Crippen molar-refractivity contribution in [2.24, 2.45) is 0 Å². The largest absolute Gasteiger partial charge is 0.334 e. The van der Waals surface area contributed by atoms with E-state index in [1.54, 1.807) is 0 Å². The molecule has 0 saturated carbocycles. The van der Waals surface area contributed by atoms with Crippen molar-refractivity contribution in [1.82, 2.24) is 0 Å². The molecule has 1 unspecified atom stereocenters. The summed E-state index contributed by atoms with van der Waals surface area (Å²) in [6, 6.07) is 79.9. The fraction of sp³-hybridized carbons (Fsp3) is 0.0370. The molecular formula is C54H44N4. The van der Waals surface area contributed by atoms with E-state index in [2.05, 4.69) is 268 Å². The lowest BCUT2D eigenvalue weighted by Crippen LogP contribution is -2.29. The van der Waals surface area contributed by atoms with Crippen molar-refractivity contribution in [3.8, 4) is 0 Å². The summed E-state index contributed by atoms with van der Waals surface area (Å²) in [6.45, 7) is 0. The first-order chi connectivity index (χ1) is 28.8. The zero-order valence-corrected chi connectivity index (χ0v) is 32.2. The molecule has 1 aliphatic carbocycles. The number of allylic oxidation sites excluding steroid dienone is 2. The number of para-hydroxylation sites is 5. The van der Waals surface area contributed by atoms with Gasteiger partial charge in [-0.2, -0.15) is 0 Å². The minimum atomic E-state index is 0.226. The molecule has 9 rings (SSSR count). The van der Waals surface area contributed by atoms with E-state index in [1.165, 1.54) is 5.69 Å². The van der Waals surface area contributed by atoms with Crippen molar-refractivity contribution < 1.29 is 0 Å². The molecule has 8 aromatic rings. The molecule has 1 atom stereocenters. The van der Waals surface area contributed by atoms with Crippen LogP contribution in [0.4, 0.5) is 62.6 Å². The Morgan fingerprint density at radius 1 is 0.259 bits per heavy atom.